The topological polar surface area (TPSA) is 15.3 Å². The number of nitrogens with zero attached hydrogens (tertiary/aromatic N) is 1. The van der Waals surface area contributed by atoms with Gasteiger partial charge in [0.1, 0.15) is 0 Å². The first-order valence-electron chi connectivity index (χ1n) is 7.96. The van der Waals surface area contributed by atoms with Gasteiger partial charge in [-0.05, 0) is 39.7 Å². The third-order valence-corrected chi connectivity index (χ3v) is 4.86. The zero-order valence-electron chi connectivity index (χ0n) is 13.7. The predicted molar refractivity (Wildman–Crippen MR) is 87.0 cm³/mol. The lowest BCUT2D eigenvalue weighted by Crippen LogP contribution is -2.65. The minimum Gasteiger partial charge on any atom is -0.305 e. The van der Waals surface area contributed by atoms with Gasteiger partial charge in [-0.3, -0.25) is 4.90 Å². The van der Waals surface area contributed by atoms with E-state index in [2.05, 4.69) is 75.2 Å². The van der Waals surface area contributed by atoms with Gasteiger partial charge in [-0.1, -0.05) is 43.7 Å². The average molecular weight is 274 g/mol. The van der Waals surface area contributed by atoms with Crippen molar-refractivity contribution in [2.75, 3.05) is 13.1 Å². The Hall–Kier alpha value is -0.860. The largest absolute Gasteiger partial charge is 0.305 e. The molecule has 0 bridgehead atoms. The maximum absolute atomic E-state index is 3.76. The van der Waals surface area contributed by atoms with Gasteiger partial charge in [0.2, 0.25) is 0 Å². The molecule has 0 amide bonds. The molecule has 0 radical (unpaired) electrons. The van der Waals surface area contributed by atoms with Gasteiger partial charge in [-0.2, -0.15) is 0 Å². The second kappa shape index (κ2) is 5.87. The van der Waals surface area contributed by atoms with Gasteiger partial charge in [-0.25, -0.2) is 0 Å². The molecule has 0 aromatic heterocycles. The summed E-state index contributed by atoms with van der Waals surface area (Å²) in [6.07, 6.45) is 2.49. The van der Waals surface area contributed by atoms with Crippen molar-refractivity contribution in [1.29, 1.82) is 0 Å². The van der Waals surface area contributed by atoms with Gasteiger partial charge < -0.3 is 5.32 Å². The molecule has 1 aliphatic rings. The van der Waals surface area contributed by atoms with E-state index in [0.717, 1.165) is 13.1 Å². The molecule has 20 heavy (non-hydrogen) atoms. The van der Waals surface area contributed by atoms with Gasteiger partial charge >= 0.3 is 0 Å². The maximum Gasteiger partial charge on any atom is 0.0535 e. The zero-order valence-corrected chi connectivity index (χ0v) is 13.7. The fourth-order valence-electron chi connectivity index (χ4n) is 3.60. The summed E-state index contributed by atoms with van der Waals surface area (Å²) >= 11 is 0. The van der Waals surface area contributed by atoms with Crippen LogP contribution in [0.1, 0.15) is 53.0 Å². The number of nitrogens with one attached hydrogen (secondary N) is 1. The highest BCUT2D eigenvalue weighted by Crippen LogP contribution is 2.32. The van der Waals surface area contributed by atoms with Crippen LogP contribution in [0.2, 0.25) is 0 Å². The van der Waals surface area contributed by atoms with Crippen LogP contribution >= 0.6 is 0 Å². The van der Waals surface area contributed by atoms with Crippen LogP contribution in [0.5, 0.6) is 0 Å². The molecule has 2 unspecified atom stereocenters. The molecule has 1 aromatic carbocycles. The molecular formula is C18H30N2. The Morgan fingerprint density at radius 3 is 2.55 bits per heavy atom. The van der Waals surface area contributed by atoms with Gasteiger partial charge in [0.15, 0.2) is 0 Å². The highest BCUT2D eigenvalue weighted by atomic mass is 15.3. The summed E-state index contributed by atoms with van der Waals surface area (Å²) in [6, 6.07) is 11.5. The van der Waals surface area contributed by atoms with Crippen LogP contribution in [-0.4, -0.2) is 29.6 Å². The molecule has 1 heterocycles. The predicted octanol–water partition coefficient (Wildman–Crippen LogP) is 3.77. The van der Waals surface area contributed by atoms with Gasteiger partial charge in [-0.15, -0.1) is 0 Å². The Morgan fingerprint density at radius 1 is 1.30 bits per heavy atom. The fraction of sp³-hybridized carbons (Fsp3) is 0.667. The van der Waals surface area contributed by atoms with E-state index in [1.54, 1.807) is 0 Å². The van der Waals surface area contributed by atoms with Crippen LogP contribution in [0.4, 0.5) is 0 Å². The summed E-state index contributed by atoms with van der Waals surface area (Å²) < 4.78 is 0. The van der Waals surface area contributed by atoms with Crippen LogP contribution in [-0.2, 0) is 5.54 Å². The summed E-state index contributed by atoms with van der Waals surface area (Å²) in [5.74, 6) is 0. The molecule has 0 aliphatic carbocycles. The second-order valence-corrected chi connectivity index (χ2v) is 7.12. The summed E-state index contributed by atoms with van der Waals surface area (Å²) in [7, 11) is 0. The second-order valence-electron chi connectivity index (χ2n) is 7.12. The van der Waals surface area contributed by atoms with Crippen LogP contribution in [0.25, 0.3) is 0 Å². The van der Waals surface area contributed by atoms with Crippen molar-refractivity contribution in [2.45, 2.75) is 64.6 Å². The van der Waals surface area contributed by atoms with E-state index in [4.69, 9.17) is 0 Å². The number of piperazine rings is 1. The lowest BCUT2D eigenvalue weighted by molar-refractivity contribution is 0.00546. The standard InChI is InChI=1S/C18H30N2/c1-6-12-17(3,4)20-14-18(5,19-13-15(20)2)16-10-8-7-9-11-16/h7-11,15,19H,6,12-14H2,1-5H3. The molecule has 112 valence electrons. The highest BCUT2D eigenvalue weighted by molar-refractivity contribution is 5.25. The van der Waals surface area contributed by atoms with E-state index in [1.165, 1.54) is 18.4 Å². The molecule has 0 saturated carbocycles. The third-order valence-electron chi connectivity index (χ3n) is 4.86. The van der Waals surface area contributed by atoms with Crippen molar-refractivity contribution in [1.82, 2.24) is 10.2 Å². The lowest BCUT2D eigenvalue weighted by Gasteiger charge is -2.52. The van der Waals surface area contributed by atoms with Gasteiger partial charge in [0, 0.05) is 24.7 Å². The van der Waals surface area contributed by atoms with Crippen LogP contribution < -0.4 is 5.32 Å². The monoisotopic (exact) mass is 274 g/mol. The molecule has 1 fully saturated rings. The Morgan fingerprint density at radius 2 is 1.95 bits per heavy atom. The first-order chi connectivity index (χ1) is 9.39. The number of rotatable bonds is 4. The van der Waals surface area contributed by atoms with Crippen molar-refractivity contribution in [2.24, 2.45) is 0 Å². The number of hydrogen-bond donors (Lipinski definition) is 1. The van der Waals surface area contributed by atoms with E-state index < -0.39 is 0 Å². The Bertz CT molecular complexity index is 426. The first kappa shape index (κ1) is 15.5. The summed E-state index contributed by atoms with van der Waals surface area (Å²) in [5, 5.41) is 3.76. The van der Waals surface area contributed by atoms with Gasteiger partial charge in [0.05, 0.1) is 5.54 Å². The van der Waals surface area contributed by atoms with Crippen molar-refractivity contribution < 1.29 is 0 Å². The highest BCUT2D eigenvalue weighted by Gasteiger charge is 2.40. The molecule has 2 heteroatoms. The van der Waals surface area contributed by atoms with Crippen molar-refractivity contribution in [3.63, 3.8) is 0 Å². The average Bonchev–Trinajstić information content (AvgIpc) is 2.42. The quantitative estimate of drug-likeness (QED) is 0.899. The van der Waals surface area contributed by atoms with E-state index >= 15 is 0 Å². The van der Waals surface area contributed by atoms with Crippen LogP contribution in [0, 0.1) is 0 Å². The lowest BCUT2D eigenvalue weighted by atomic mass is 9.84. The van der Waals surface area contributed by atoms with Crippen molar-refractivity contribution >= 4 is 0 Å². The smallest absolute Gasteiger partial charge is 0.0535 e. The van der Waals surface area contributed by atoms with Crippen LogP contribution in [0.3, 0.4) is 0 Å². The Balaban J connectivity index is 2.24. The molecule has 2 rings (SSSR count). The van der Waals surface area contributed by atoms with E-state index in [9.17, 15) is 0 Å². The maximum atomic E-state index is 3.76. The minimum absolute atomic E-state index is 0.0543. The van der Waals surface area contributed by atoms with E-state index in [-0.39, 0.29) is 11.1 Å². The van der Waals surface area contributed by atoms with Crippen molar-refractivity contribution in [3.8, 4) is 0 Å². The number of benzene rings is 1. The number of hydrogen-bond acceptors (Lipinski definition) is 2. The molecule has 2 nitrogen and oxygen atoms in total. The fourth-order valence-corrected chi connectivity index (χ4v) is 3.60. The Kier molecular flexibility index (Phi) is 4.55. The SMILES string of the molecule is CCCC(C)(C)N1CC(C)(c2ccccc2)NCC1C. The first-order valence-corrected chi connectivity index (χ1v) is 7.96. The van der Waals surface area contributed by atoms with E-state index in [1.807, 2.05) is 0 Å². The van der Waals surface area contributed by atoms with E-state index in [0.29, 0.717) is 6.04 Å². The van der Waals surface area contributed by atoms with Gasteiger partial charge in [0.25, 0.3) is 0 Å². The summed E-state index contributed by atoms with van der Waals surface area (Å²) in [5.41, 5.74) is 1.72. The third kappa shape index (κ3) is 3.07. The summed E-state index contributed by atoms with van der Waals surface area (Å²) in [4.78, 5) is 2.69. The van der Waals surface area contributed by atoms with Crippen LogP contribution in [0.15, 0.2) is 30.3 Å². The molecule has 1 N–H and O–H groups in total. The van der Waals surface area contributed by atoms with Crippen molar-refractivity contribution in [3.05, 3.63) is 35.9 Å². The molecule has 2 atom stereocenters. The minimum atomic E-state index is 0.0543. The zero-order chi connectivity index (χ0) is 14.8. The molecule has 0 spiro atoms. The Labute approximate surface area is 124 Å². The summed E-state index contributed by atoms with van der Waals surface area (Å²) in [6.45, 7) is 13.9. The molecular weight excluding hydrogens is 244 g/mol. The molecule has 1 saturated heterocycles. The molecule has 1 aliphatic heterocycles. The normalized spacial score (nSPS) is 28.6. The molecule has 1 aromatic rings.